The maximum absolute atomic E-state index is 11.4. The van der Waals surface area contributed by atoms with Crippen LogP contribution in [-0.2, 0) is 9.53 Å². The summed E-state index contributed by atoms with van der Waals surface area (Å²) in [5.41, 5.74) is 0. The predicted octanol–water partition coefficient (Wildman–Crippen LogP) is 1.99. The monoisotopic (exact) mass is 320 g/mol. The van der Waals surface area contributed by atoms with Crippen LogP contribution in [0, 0.1) is 0 Å². The molecule has 0 bridgehead atoms. The molecular weight excluding hydrogens is 308 g/mol. The largest absolute Gasteiger partial charge is 0.485 e. The summed E-state index contributed by atoms with van der Waals surface area (Å²) in [4.78, 5) is 11.4. The van der Waals surface area contributed by atoms with Gasteiger partial charge in [0, 0.05) is 6.42 Å². The van der Waals surface area contributed by atoms with Crippen LogP contribution in [0.25, 0.3) is 0 Å². The molecule has 7 nitrogen and oxygen atoms in total. The fourth-order valence-corrected chi connectivity index (χ4v) is 3.09. The maximum Gasteiger partial charge on any atom is 0.319 e. The second-order valence-electron chi connectivity index (χ2n) is 4.83. The highest BCUT2D eigenvalue weighted by Crippen LogP contribution is 2.36. The van der Waals surface area contributed by atoms with Crippen molar-refractivity contribution < 1.29 is 23.4 Å². The van der Waals surface area contributed by atoms with Gasteiger partial charge >= 0.3 is 5.97 Å². The zero-order valence-corrected chi connectivity index (χ0v) is 12.2. The Kier molecular flexibility index (Phi) is 3.38. The number of aromatic nitrogens is 2. The van der Waals surface area contributed by atoms with Crippen LogP contribution in [0.4, 0.5) is 0 Å². The summed E-state index contributed by atoms with van der Waals surface area (Å²) in [7, 11) is 0. The number of hydrogen-bond acceptors (Lipinski definition) is 8. The Morgan fingerprint density at radius 3 is 2.82 bits per heavy atom. The zero-order valence-electron chi connectivity index (χ0n) is 11.4. The highest BCUT2D eigenvalue weighted by Gasteiger charge is 2.31. The van der Waals surface area contributed by atoms with Gasteiger partial charge in [-0.1, -0.05) is 12.1 Å². The fraction of sp³-hybridized carbons (Fsp3) is 0.357. The standard InChI is InChI=1S/C14H12N2O5S/c17-13-11(5-6-18-13)22-14-16-15-12(21-14)10-7-19-8-3-1-2-4-9(8)20-10/h1-4,10-11H,5-7H2. The van der Waals surface area contributed by atoms with Gasteiger partial charge < -0.3 is 18.6 Å². The molecule has 2 atom stereocenters. The Morgan fingerprint density at radius 2 is 2.00 bits per heavy atom. The van der Waals surface area contributed by atoms with Gasteiger partial charge in [0.05, 0.1) is 6.61 Å². The van der Waals surface area contributed by atoms with Gasteiger partial charge in [0.1, 0.15) is 11.9 Å². The van der Waals surface area contributed by atoms with Crippen molar-refractivity contribution in [2.24, 2.45) is 0 Å². The van der Waals surface area contributed by atoms with E-state index in [0.717, 1.165) is 0 Å². The van der Waals surface area contributed by atoms with E-state index < -0.39 is 6.10 Å². The SMILES string of the molecule is O=C1OCCC1Sc1nnc(C2COc3ccccc3O2)o1. The molecule has 2 unspecified atom stereocenters. The lowest BCUT2D eigenvalue weighted by atomic mass is 10.2. The van der Waals surface area contributed by atoms with Crippen molar-refractivity contribution in [2.45, 2.75) is 23.0 Å². The van der Waals surface area contributed by atoms with Gasteiger partial charge in [-0.2, -0.15) is 0 Å². The van der Waals surface area contributed by atoms with E-state index in [0.29, 0.717) is 42.2 Å². The molecule has 0 saturated carbocycles. The maximum atomic E-state index is 11.4. The highest BCUT2D eigenvalue weighted by atomic mass is 32.2. The summed E-state index contributed by atoms with van der Waals surface area (Å²) in [6.07, 6.45) is 0.199. The minimum atomic E-state index is -0.452. The van der Waals surface area contributed by atoms with Gasteiger partial charge in [0.25, 0.3) is 11.1 Å². The molecule has 0 radical (unpaired) electrons. The summed E-state index contributed by atoms with van der Waals surface area (Å²) in [5, 5.41) is 7.99. The van der Waals surface area contributed by atoms with E-state index in [4.69, 9.17) is 18.6 Å². The average molecular weight is 320 g/mol. The topological polar surface area (TPSA) is 83.7 Å². The normalized spacial score (nSPS) is 23.4. The molecule has 1 aromatic heterocycles. The summed E-state index contributed by atoms with van der Waals surface area (Å²) in [5.74, 6) is 1.44. The van der Waals surface area contributed by atoms with Crippen molar-refractivity contribution >= 4 is 17.7 Å². The molecule has 0 spiro atoms. The lowest BCUT2D eigenvalue weighted by Gasteiger charge is -2.23. The lowest BCUT2D eigenvalue weighted by molar-refractivity contribution is -0.137. The Labute approximate surface area is 129 Å². The van der Waals surface area contributed by atoms with Crippen molar-refractivity contribution in [3.8, 4) is 11.5 Å². The number of carbonyl (C=O) groups excluding carboxylic acids is 1. The molecule has 1 saturated heterocycles. The van der Waals surface area contributed by atoms with Crippen LogP contribution < -0.4 is 9.47 Å². The smallest absolute Gasteiger partial charge is 0.319 e. The first kappa shape index (κ1) is 13.4. The van der Waals surface area contributed by atoms with Crippen molar-refractivity contribution in [3.05, 3.63) is 30.2 Å². The predicted molar refractivity (Wildman–Crippen MR) is 74.8 cm³/mol. The van der Waals surface area contributed by atoms with Gasteiger partial charge in [-0.05, 0) is 23.9 Å². The quantitative estimate of drug-likeness (QED) is 0.794. The molecule has 4 rings (SSSR count). The molecule has 2 aromatic rings. The third-order valence-electron chi connectivity index (χ3n) is 3.34. The lowest BCUT2D eigenvalue weighted by Crippen LogP contribution is -2.21. The molecule has 1 fully saturated rings. The first-order valence-corrected chi connectivity index (χ1v) is 7.73. The molecule has 22 heavy (non-hydrogen) atoms. The van der Waals surface area contributed by atoms with Crippen LogP contribution >= 0.6 is 11.8 Å². The van der Waals surface area contributed by atoms with Crippen LogP contribution in [0.5, 0.6) is 11.5 Å². The highest BCUT2D eigenvalue weighted by molar-refractivity contribution is 8.00. The van der Waals surface area contributed by atoms with Gasteiger partial charge in [0.15, 0.2) is 11.5 Å². The number of cyclic esters (lactones) is 1. The van der Waals surface area contributed by atoms with Crippen LogP contribution in [0.2, 0.25) is 0 Å². The van der Waals surface area contributed by atoms with Gasteiger partial charge in [0.2, 0.25) is 6.10 Å². The fourth-order valence-electron chi connectivity index (χ4n) is 2.25. The number of hydrogen-bond donors (Lipinski definition) is 0. The van der Waals surface area contributed by atoms with E-state index in [1.54, 1.807) is 0 Å². The van der Waals surface area contributed by atoms with Crippen molar-refractivity contribution in [3.63, 3.8) is 0 Å². The Morgan fingerprint density at radius 1 is 1.14 bits per heavy atom. The minimum absolute atomic E-state index is 0.240. The average Bonchev–Trinajstić information content (AvgIpc) is 3.17. The third-order valence-corrected chi connectivity index (χ3v) is 4.42. The molecule has 0 N–H and O–H groups in total. The number of thioether (sulfide) groups is 1. The summed E-state index contributed by atoms with van der Waals surface area (Å²) < 4.78 is 21.9. The molecule has 114 valence electrons. The Hall–Kier alpha value is -2.22. The minimum Gasteiger partial charge on any atom is -0.485 e. The number of ether oxygens (including phenoxy) is 3. The van der Waals surface area contributed by atoms with E-state index in [1.807, 2.05) is 24.3 Å². The summed E-state index contributed by atoms with van der Waals surface area (Å²) in [6, 6.07) is 7.41. The van der Waals surface area contributed by atoms with Crippen LogP contribution in [0.1, 0.15) is 18.4 Å². The summed E-state index contributed by atoms with van der Waals surface area (Å²) >= 11 is 1.22. The van der Waals surface area contributed by atoms with Gasteiger partial charge in [-0.3, -0.25) is 4.79 Å². The molecule has 1 aromatic carbocycles. The van der Waals surface area contributed by atoms with Gasteiger partial charge in [-0.15, -0.1) is 10.2 Å². The molecule has 3 heterocycles. The first-order chi connectivity index (χ1) is 10.8. The number of carbonyl (C=O) groups is 1. The number of rotatable bonds is 3. The number of fused-ring (bicyclic) bond motifs is 1. The zero-order chi connectivity index (χ0) is 14.9. The Bertz CT molecular complexity index is 704. The molecule has 0 aliphatic carbocycles. The number of benzene rings is 1. The Balaban J connectivity index is 1.47. The molecule has 8 heteroatoms. The third kappa shape index (κ3) is 2.50. The van der Waals surface area contributed by atoms with E-state index >= 15 is 0 Å². The van der Waals surface area contributed by atoms with Crippen LogP contribution in [0.3, 0.4) is 0 Å². The van der Waals surface area contributed by atoms with E-state index in [2.05, 4.69) is 10.2 Å². The van der Waals surface area contributed by atoms with Gasteiger partial charge in [-0.25, -0.2) is 0 Å². The van der Waals surface area contributed by atoms with Crippen LogP contribution in [-0.4, -0.2) is 34.6 Å². The number of para-hydroxylation sites is 2. The second kappa shape index (κ2) is 5.53. The van der Waals surface area contributed by atoms with Crippen molar-refractivity contribution in [2.75, 3.05) is 13.2 Å². The number of nitrogens with zero attached hydrogens (tertiary/aromatic N) is 2. The summed E-state index contributed by atoms with van der Waals surface area (Å²) in [6.45, 7) is 0.739. The molecule has 2 aliphatic heterocycles. The number of esters is 1. The molecule has 0 amide bonds. The molecule has 2 aliphatic rings. The van der Waals surface area contributed by atoms with E-state index in [9.17, 15) is 4.79 Å². The van der Waals surface area contributed by atoms with E-state index in [1.165, 1.54) is 11.8 Å². The first-order valence-electron chi connectivity index (χ1n) is 6.85. The molecular formula is C14H12N2O5S. The van der Waals surface area contributed by atoms with Crippen molar-refractivity contribution in [1.82, 2.24) is 10.2 Å². The van der Waals surface area contributed by atoms with Crippen molar-refractivity contribution in [1.29, 1.82) is 0 Å². The van der Waals surface area contributed by atoms with Crippen LogP contribution in [0.15, 0.2) is 33.9 Å². The van der Waals surface area contributed by atoms with E-state index in [-0.39, 0.29) is 11.2 Å². The second-order valence-corrected chi connectivity index (χ2v) is 5.99.